The molecule has 0 radical (unpaired) electrons. The van der Waals surface area contributed by atoms with E-state index in [9.17, 15) is 27.9 Å². The van der Waals surface area contributed by atoms with Gasteiger partial charge in [-0.2, -0.15) is 0 Å². The number of carbonyl (C=O) groups is 2. The fourth-order valence-electron chi connectivity index (χ4n) is 3.14. The van der Waals surface area contributed by atoms with Gasteiger partial charge in [0.25, 0.3) is 5.91 Å². The summed E-state index contributed by atoms with van der Waals surface area (Å²) >= 11 is 1.90. The molecule has 2 aromatic carbocycles. The Morgan fingerprint density at radius 1 is 1.19 bits per heavy atom. The minimum Gasteiger partial charge on any atom is -0.385 e. The Kier molecular flexibility index (Phi) is 6.72. The highest BCUT2D eigenvalue weighted by Gasteiger charge is 2.45. The molecular weight excluding hydrogens is 540 g/mol. The number of carbonyl (C=O) groups excluding carboxylic acids is 2. The van der Waals surface area contributed by atoms with Gasteiger partial charge >= 0.3 is 0 Å². The number of hydrogen-bond donors (Lipinski definition) is 4. The molecule has 1 heterocycles. The second-order valence-corrected chi connectivity index (χ2v) is 9.51. The van der Waals surface area contributed by atoms with Crippen molar-refractivity contribution in [2.45, 2.75) is 25.0 Å². The third-order valence-corrected chi connectivity index (χ3v) is 5.92. The molecule has 0 saturated carbocycles. The number of β-amino-alcohol motifs (C(OH)–C–C–N with tert-alkyl or cyclic N) is 1. The van der Waals surface area contributed by atoms with Crippen molar-refractivity contribution in [1.82, 2.24) is 10.2 Å². The topological polar surface area (TPSA) is 108 Å². The van der Waals surface area contributed by atoms with Crippen molar-refractivity contribution in [3.63, 3.8) is 0 Å². The SMILES string of the molecule is CC(C)(NCC1(O)CN(C(=O)c2ccc(F)c(F)c2Nc2ccc(I)cc2F)C1)C(N)=O. The van der Waals surface area contributed by atoms with E-state index in [1.807, 2.05) is 22.6 Å². The summed E-state index contributed by atoms with van der Waals surface area (Å²) in [6, 6.07) is 6.03. The molecule has 0 spiro atoms. The summed E-state index contributed by atoms with van der Waals surface area (Å²) < 4.78 is 43.2. The van der Waals surface area contributed by atoms with Crippen LogP contribution in [0.3, 0.4) is 0 Å². The highest BCUT2D eigenvalue weighted by molar-refractivity contribution is 14.1. The molecule has 172 valence electrons. The Morgan fingerprint density at radius 2 is 1.84 bits per heavy atom. The van der Waals surface area contributed by atoms with Crippen LogP contribution in [0.5, 0.6) is 0 Å². The van der Waals surface area contributed by atoms with Crippen molar-refractivity contribution in [3.05, 3.63) is 56.9 Å². The van der Waals surface area contributed by atoms with E-state index < -0.39 is 46.1 Å². The van der Waals surface area contributed by atoms with Gasteiger partial charge in [-0.1, -0.05) is 0 Å². The van der Waals surface area contributed by atoms with Gasteiger partial charge in [-0.15, -0.1) is 0 Å². The van der Waals surface area contributed by atoms with Gasteiger partial charge in [-0.25, -0.2) is 13.2 Å². The first-order valence-electron chi connectivity index (χ1n) is 9.60. The van der Waals surface area contributed by atoms with Crippen LogP contribution in [0.4, 0.5) is 24.5 Å². The van der Waals surface area contributed by atoms with Gasteiger partial charge in [0.05, 0.1) is 35.6 Å². The van der Waals surface area contributed by atoms with Crippen LogP contribution in [0.25, 0.3) is 0 Å². The van der Waals surface area contributed by atoms with Crippen LogP contribution in [-0.2, 0) is 4.79 Å². The number of halogens is 4. The third kappa shape index (κ3) is 4.99. The lowest BCUT2D eigenvalue weighted by molar-refractivity contribution is -0.124. The predicted octanol–water partition coefficient (Wildman–Crippen LogP) is 2.49. The van der Waals surface area contributed by atoms with Gasteiger partial charge in [0.15, 0.2) is 11.6 Å². The summed E-state index contributed by atoms with van der Waals surface area (Å²) in [4.78, 5) is 25.6. The summed E-state index contributed by atoms with van der Waals surface area (Å²) in [5.41, 5.74) is 2.07. The molecule has 7 nitrogen and oxygen atoms in total. The Hall–Kier alpha value is -2.38. The Balaban J connectivity index is 1.78. The number of likely N-dealkylation sites (tertiary alicyclic amines) is 1. The Morgan fingerprint density at radius 3 is 2.44 bits per heavy atom. The molecule has 3 rings (SSSR count). The normalized spacial score (nSPS) is 15.3. The molecule has 11 heteroatoms. The number of nitrogens with two attached hydrogens (primary N) is 1. The van der Waals surface area contributed by atoms with Gasteiger partial charge < -0.3 is 26.4 Å². The van der Waals surface area contributed by atoms with Crippen LogP contribution >= 0.6 is 22.6 Å². The number of hydrogen-bond acceptors (Lipinski definition) is 5. The van der Waals surface area contributed by atoms with Crippen LogP contribution in [0.2, 0.25) is 0 Å². The average molecular weight is 562 g/mol. The number of nitrogens with zero attached hydrogens (tertiary/aromatic N) is 1. The van der Waals surface area contributed by atoms with Crippen molar-refractivity contribution in [1.29, 1.82) is 0 Å². The van der Waals surface area contributed by atoms with Gasteiger partial charge in [0.2, 0.25) is 5.91 Å². The fraction of sp³-hybridized carbons (Fsp3) is 0.333. The molecule has 1 aliphatic heterocycles. The molecular formula is C21H22F3IN4O3. The second kappa shape index (κ2) is 8.87. The van der Waals surface area contributed by atoms with Gasteiger partial charge in [-0.3, -0.25) is 9.59 Å². The smallest absolute Gasteiger partial charge is 0.256 e. The van der Waals surface area contributed by atoms with Crippen LogP contribution in [0, 0.1) is 21.0 Å². The zero-order chi connectivity index (χ0) is 23.8. The summed E-state index contributed by atoms with van der Waals surface area (Å²) in [7, 11) is 0. The molecule has 1 fully saturated rings. The van der Waals surface area contributed by atoms with Crippen molar-refractivity contribution in [3.8, 4) is 0 Å². The van der Waals surface area contributed by atoms with Crippen LogP contribution in [-0.4, -0.2) is 52.6 Å². The highest BCUT2D eigenvalue weighted by Crippen LogP contribution is 2.31. The minimum atomic E-state index is -1.32. The molecule has 2 aromatic rings. The number of anilines is 2. The minimum absolute atomic E-state index is 0.0104. The molecule has 1 aliphatic rings. The number of nitrogens with one attached hydrogen (secondary N) is 2. The lowest BCUT2D eigenvalue weighted by Gasteiger charge is -2.47. The Bertz CT molecular complexity index is 1070. The van der Waals surface area contributed by atoms with E-state index in [2.05, 4.69) is 10.6 Å². The van der Waals surface area contributed by atoms with E-state index in [1.165, 1.54) is 17.0 Å². The molecule has 0 aromatic heterocycles. The van der Waals surface area contributed by atoms with E-state index in [0.717, 1.165) is 12.1 Å². The summed E-state index contributed by atoms with van der Waals surface area (Å²) in [6.45, 7) is 2.89. The monoisotopic (exact) mass is 562 g/mol. The maximum Gasteiger partial charge on any atom is 0.256 e. The van der Waals surface area contributed by atoms with Crippen LogP contribution < -0.4 is 16.4 Å². The first-order chi connectivity index (χ1) is 14.8. The third-order valence-electron chi connectivity index (χ3n) is 5.25. The number of benzene rings is 2. The first-order valence-corrected chi connectivity index (χ1v) is 10.7. The summed E-state index contributed by atoms with van der Waals surface area (Å²) in [6.07, 6.45) is 0. The average Bonchev–Trinajstić information content (AvgIpc) is 2.69. The molecule has 0 atom stereocenters. The quantitative estimate of drug-likeness (QED) is 0.388. The van der Waals surface area contributed by atoms with E-state index >= 15 is 0 Å². The maximum atomic E-state index is 14.5. The van der Waals surface area contributed by atoms with Crippen molar-refractivity contribution in [2.24, 2.45) is 5.73 Å². The van der Waals surface area contributed by atoms with Gasteiger partial charge in [-0.05, 0) is 66.8 Å². The van der Waals surface area contributed by atoms with E-state index in [0.29, 0.717) is 3.57 Å². The lowest BCUT2D eigenvalue weighted by atomic mass is 9.91. The van der Waals surface area contributed by atoms with E-state index in [4.69, 9.17) is 5.73 Å². The van der Waals surface area contributed by atoms with E-state index in [-0.39, 0.29) is 30.9 Å². The van der Waals surface area contributed by atoms with Gasteiger partial charge in [0, 0.05) is 10.1 Å². The van der Waals surface area contributed by atoms with Crippen LogP contribution in [0.15, 0.2) is 30.3 Å². The number of rotatable bonds is 7. The standard InChI is InChI=1S/C21H22F3IN4O3/c1-20(2,19(26)31)27-8-21(32)9-29(10-21)18(30)12-4-5-13(22)16(24)17(12)28-15-6-3-11(25)7-14(15)23/h3-7,27-28,32H,8-10H2,1-2H3,(H2,26,31). The predicted molar refractivity (Wildman–Crippen MR) is 121 cm³/mol. The van der Waals surface area contributed by atoms with Crippen molar-refractivity contribution < 1.29 is 27.9 Å². The summed E-state index contributed by atoms with van der Waals surface area (Å²) in [5, 5.41) is 15.9. The number of amides is 2. The number of primary amides is 1. The summed E-state index contributed by atoms with van der Waals surface area (Å²) in [5.74, 6) is -4.49. The van der Waals surface area contributed by atoms with Crippen LogP contribution in [0.1, 0.15) is 24.2 Å². The molecule has 5 N–H and O–H groups in total. The molecule has 0 bridgehead atoms. The fourth-order valence-corrected chi connectivity index (χ4v) is 3.59. The number of aliphatic hydroxyl groups is 1. The zero-order valence-electron chi connectivity index (χ0n) is 17.3. The molecule has 32 heavy (non-hydrogen) atoms. The largest absolute Gasteiger partial charge is 0.385 e. The Labute approximate surface area is 196 Å². The maximum absolute atomic E-state index is 14.5. The van der Waals surface area contributed by atoms with E-state index in [1.54, 1.807) is 19.9 Å². The van der Waals surface area contributed by atoms with Crippen molar-refractivity contribution >= 4 is 45.8 Å². The van der Waals surface area contributed by atoms with Gasteiger partial charge in [0.1, 0.15) is 11.4 Å². The molecule has 1 saturated heterocycles. The molecule has 0 aliphatic carbocycles. The molecule has 0 unspecified atom stereocenters. The second-order valence-electron chi connectivity index (χ2n) is 8.26. The lowest BCUT2D eigenvalue weighted by Crippen LogP contribution is -2.69. The molecule has 2 amide bonds. The zero-order valence-corrected chi connectivity index (χ0v) is 19.5. The first kappa shape index (κ1) is 24.3. The van der Waals surface area contributed by atoms with Crippen molar-refractivity contribution in [2.75, 3.05) is 25.0 Å². The highest BCUT2D eigenvalue weighted by atomic mass is 127.